The van der Waals surface area contributed by atoms with E-state index in [9.17, 15) is 8.78 Å². The van der Waals surface area contributed by atoms with Crippen LogP contribution >= 0.6 is 0 Å². The average Bonchev–Trinajstić information content (AvgIpc) is 2.47. The molecule has 0 aliphatic carbocycles. The van der Waals surface area contributed by atoms with E-state index in [0.717, 1.165) is 6.92 Å². The molecule has 1 aromatic heterocycles. The van der Waals surface area contributed by atoms with Gasteiger partial charge >= 0.3 is 5.92 Å². The maximum atomic E-state index is 12.6. The van der Waals surface area contributed by atoms with Crippen LogP contribution in [0.4, 0.5) is 8.78 Å². The Hall–Kier alpha value is -0.970. The number of hydrogen-bond donors (Lipinski definition) is 1. The molecule has 3 nitrogen and oxygen atoms in total. The number of hydrogen-bond acceptors (Lipinski definition) is 3. The zero-order valence-electron chi connectivity index (χ0n) is 7.39. The van der Waals surface area contributed by atoms with E-state index < -0.39 is 11.8 Å². The van der Waals surface area contributed by atoms with Crippen molar-refractivity contribution in [2.45, 2.75) is 25.7 Å². The Balaban J connectivity index is 2.64. The van der Waals surface area contributed by atoms with Crippen LogP contribution in [0.5, 0.6) is 0 Å². The number of halogens is 2. The molecule has 0 spiro atoms. The highest BCUT2D eigenvalue weighted by Crippen LogP contribution is 2.26. The van der Waals surface area contributed by atoms with Crippen molar-refractivity contribution in [1.82, 2.24) is 4.98 Å². The third-order valence-electron chi connectivity index (χ3n) is 1.56. The summed E-state index contributed by atoms with van der Waals surface area (Å²) in [5, 5.41) is 0. The summed E-state index contributed by atoms with van der Waals surface area (Å²) >= 11 is 0. The Morgan fingerprint density at radius 3 is 2.77 bits per heavy atom. The van der Waals surface area contributed by atoms with Crippen molar-refractivity contribution in [3.8, 4) is 0 Å². The molecular weight excluding hydrogens is 178 g/mol. The fourth-order valence-electron chi connectivity index (χ4n) is 0.902. The summed E-state index contributed by atoms with van der Waals surface area (Å²) in [6, 6.07) is 0. The fourth-order valence-corrected chi connectivity index (χ4v) is 0.902. The lowest BCUT2D eigenvalue weighted by Gasteiger charge is -2.02. The molecule has 5 heteroatoms. The Kier molecular flexibility index (Phi) is 2.98. The third-order valence-corrected chi connectivity index (χ3v) is 1.56. The first kappa shape index (κ1) is 10.1. The Morgan fingerprint density at radius 1 is 1.62 bits per heavy atom. The Labute approximate surface area is 74.9 Å². The number of rotatable bonds is 4. The molecule has 13 heavy (non-hydrogen) atoms. The minimum absolute atomic E-state index is 0.460. The van der Waals surface area contributed by atoms with Gasteiger partial charge in [0.2, 0.25) is 0 Å². The van der Waals surface area contributed by atoms with E-state index in [1.807, 2.05) is 0 Å². The first-order valence-corrected chi connectivity index (χ1v) is 4.07. The summed E-state index contributed by atoms with van der Waals surface area (Å²) in [5.41, 5.74) is 5.26. The third kappa shape index (κ3) is 2.77. The first-order valence-electron chi connectivity index (χ1n) is 4.07. The summed E-state index contributed by atoms with van der Waals surface area (Å²) < 4.78 is 30.1. The van der Waals surface area contributed by atoms with E-state index in [1.165, 1.54) is 6.20 Å². The van der Waals surface area contributed by atoms with E-state index in [2.05, 4.69) is 4.98 Å². The van der Waals surface area contributed by atoms with E-state index in [0.29, 0.717) is 25.1 Å². The molecular formula is C8H12F2N2O. The lowest BCUT2D eigenvalue weighted by atomic mass is 10.3. The normalized spacial score (nSPS) is 12.0. The minimum Gasteiger partial charge on any atom is -0.440 e. The van der Waals surface area contributed by atoms with Crippen LogP contribution in [0.3, 0.4) is 0 Å². The van der Waals surface area contributed by atoms with Crippen molar-refractivity contribution in [2.75, 3.05) is 6.54 Å². The van der Waals surface area contributed by atoms with Crippen LogP contribution in [0.1, 0.15) is 25.0 Å². The predicted octanol–water partition coefficient (Wildman–Crippen LogP) is 1.68. The van der Waals surface area contributed by atoms with Crippen LogP contribution in [0.25, 0.3) is 0 Å². The zero-order chi connectivity index (χ0) is 9.90. The van der Waals surface area contributed by atoms with Gasteiger partial charge < -0.3 is 10.2 Å². The highest BCUT2D eigenvalue weighted by Gasteiger charge is 2.30. The second-order valence-corrected chi connectivity index (χ2v) is 2.91. The number of nitrogens with zero attached hydrogens (tertiary/aromatic N) is 1. The second kappa shape index (κ2) is 3.83. The summed E-state index contributed by atoms with van der Waals surface area (Å²) in [6.45, 7) is 1.27. The van der Waals surface area contributed by atoms with Gasteiger partial charge in [0, 0.05) is 13.3 Å². The molecule has 0 saturated heterocycles. The molecule has 1 heterocycles. The number of aromatic nitrogens is 1. The van der Waals surface area contributed by atoms with E-state index in [-0.39, 0.29) is 0 Å². The zero-order valence-corrected chi connectivity index (χ0v) is 7.39. The second-order valence-electron chi connectivity index (χ2n) is 2.91. The molecule has 0 aliphatic heterocycles. The fraction of sp³-hybridized carbons (Fsp3) is 0.625. The molecule has 0 amide bonds. The van der Waals surface area contributed by atoms with Crippen LogP contribution in [0.2, 0.25) is 0 Å². The van der Waals surface area contributed by atoms with E-state index in [4.69, 9.17) is 10.2 Å². The molecule has 0 aromatic carbocycles. The molecule has 1 aromatic rings. The molecule has 0 radical (unpaired) electrons. The van der Waals surface area contributed by atoms with Crippen LogP contribution in [-0.4, -0.2) is 11.5 Å². The average molecular weight is 190 g/mol. The lowest BCUT2D eigenvalue weighted by molar-refractivity contribution is -0.0118. The summed E-state index contributed by atoms with van der Waals surface area (Å²) in [6.07, 6.45) is 2.59. The Morgan fingerprint density at radius 2 is 2.31 bits per heavy atom. The van der Waals surface area contributed by atoms with Gasteiger partial charge in [-0.15, -0.1) is 0 Å². The maximum Gasteiger partial charge on any atom is 0.319 e. The molecule has 1 rings (SSSR count). The van der Waals surface area contributed by atoms with Crippen molar-refractivity contribution in [3.05, 3.63) is 17.8 Å². The minimum atomic E-state index is -3.00. The van der Waals surface area contributed by atoms with Crippen molar-refractivity contribution in [1.29, 1.82) is 0 Å². The van der Waals surface area contributed by atoms with Gasteiger partial charge in [-0.25, -0.2) is 4.98 Å². The van der Waals surface area contributed by atoms with Crippen LogP contribution in [0, 0.1) is 0 Å². The molecule has 0 fully saturated rings. The molecule has 74 valence electrons. The standard InChI is InChI=1S/C8H12F2N2O/c1-8(9,10)7-12-5-6(13-7)3-2-4-11/h5H,2-4,11H2,1H3. The molecule has 2 N–H and O–H groups in total. The number of alkyl halides is 2. The SMILES string of the molecule is CC(F)(F)c1ncc(CCCN)o1. The molecule has 0 aliphatic rings. The summed E-state index contributed by atoms with van der Waals surface area (Å²) in [5.74, 6) is -3.07. The molecule has 0 bridgehead atoms. The summed E-state index contributed by atoms with van der Waals surface area (Å²) in [7, 11) is 0. The van der Waals surface area contributed by atoms with Gasteiger partial charge in [-0.1, -0.05) is 0 Å². The van der Waals surface area contributed by atoms with Crippen molar-refractivity contribution >= 4 is 0 Å². The van der Waals surface area contributed by atoms with Gasteiger partial charge in [0.1, 0.15) is 5.76 Å². The van der Waals surface area contributed by atoms with E-state index >= 15 is 0 Å². The van der Waals surface area contributed by atoms with Gasteiger partial charge in [0.25, 0.3) is 5.89 Å². The lowest BCUT2D eigenvalue weighted by Crippen LogP contribution is -2.06. The topological polar surface area (TPSA) is 52.0 Å². The Bertz CT molecular complexity index is 267. The smallest absolute Gasteiger partial charge is 0.319 e. The molecule has 0 saturated carbocycles. The van der Waals surface area contributed by atoms with Crippen molar-refractivity contribution in [2.24, 2.45) is 5.73 Å². The number of aryl methyl sites for hydroxylation is 1. The van der Waals surface area contributed by atoms with Crippen molar-refractivity contribution < 1.29 is 13.2 Å². The maximum absolute atomic E-state index is 12.6. The van der Waals surface area contributed by atoms with Crippen LogP contribution in [0.15, 0.2) is 10.6 Å². The largest absolute Gasteiger partial charge is 0.440 e. The van der Waals surface area contributed by atoms with E-state index in [1.54, 1.807) is 0 Å². The molecule has 0 atom stereocenters. The first-order chi connectivity index (χ1) is 6.04. The number of oxazole rings is 1. The van der Waals surface area contributed by atoms with Gasteiger partial charge in [0.05, 0.1) is 6.20 Å². The van der Waals surface area contributed by atoms with Gasteiger partial charge in [-0.05, 0) is 13.0 Å². The van der Waals surface area contributed by atoms with Gasteiger partial charge in [-0.3, -0.25) is 0 Å². The summed E-state index contributed by atoms with van der Waals surface area (Å²) in [4.78, 5) is 3.48. The predicted molar refractivity (Wildman–Crippen MR) is 43.4 cm³/mol. The van der Waals surface area contributed by atoms with Crippen molar-refractivity contribution in [3.63, 3.8) is 0 Å². The number of nitrogens with two attached hydrogens (primary N) is 1. The quantitative estimate of drug-likeness (QED) is 0.785. The van der Waals surface area contributed by atoms with Gasteiger partial charge in [0.15, 0.2) is 0 Å². The van der Waals surface area contributed by atoms with Crippen LogP contribution in [-0.2, 0) is 12.3 Å². The highest BCUT2D eigenvalue weighted by molar-refractivity contribution is 4.98. The van der Waals surface area contributed by atoms with Crippen LogP contribution < -0.4 is 5.73 Å². The molecule has 0 unspecified atom stereocenters. The highest BCUT2D eigenvalue weighted by atomic mass is 19.3. The monoisotopic (exact) mass is 190 g/mol. The van der Waals surface area contributed by atoms with Gasteiger partial charge in [-0.2, -0.15) is 8.78 Å².